The Labute approximate surface area is 215 Å². The van der Waals surface area contributed by atoms with E-state index in [9.17, 15) is 10.2 Å². The Balaban J connectivity index is 1.27. The molecule has 0 saturated carbocycles. The van der Waals surface area contributed by atoms with Gasteiger partial charge in [0.2, 0.25) is 0 Å². The van der Waals surface area contributed by atoms with Gasteiger partial charge in [-0.05, 0) is 104 Å². The van der Waals surface area contributed by atoms with Crippen LogP contribution >= 0.6 is 0 Å². The van der Waals surface area contributed by atoms with Crippen LogP contribution in [-0.4, -0.2) is 47.9 Å². The van der Waals surface area contributed by atoms with Gasteiger partial charge in [-0.3, -0.25) is 0 Å². The Bertz CT molecular complexity index is 1110. The first kappa shape index (κ1) is 25.9. The van der Waals surface area contributed by atoms with Crippen molar-refractivity contribution in [2.24, 2.45) is 0 Å². The van der Waals surface area contributed by atoms with Crippen LogP contribution in [0.4, 0.5) is 5.69 Å². The number of benzene rings is 3. The van der Waals surface area contributed by atoms with E-state index in [0.717, 1.165) is 69.7 Å². The molecule has 3 aromatic carbocycles. The molecule has 0 heterocycles. The van der Waals surface area contributed by atoms with Crippen LogP contribution in [0.1, 0.15) is 54.9 Å². The molecule has 5 heteroatoms. The molecule has 192 valence electrons. The maximum absolute atomic E-state index is 10.1. The molecule has 0 amide bonds. The molecular formula is C31H40N2O3. The first-order valence-electron chi connectivity index (χ1n) is 13.4. The second-order valence-electron chi connectivity index (χ2n) is 9.71. The van der Waals surface area contributed by atoms with Gasteiger partial charge in [-0.1, -0.05) is 38.1 Å². The molecule has 5 nitrogen and oxygen atoms in total. The highest BCUT2D eigenvalue weighted by atomic mass is 16.5. The second kappa shape index (κ2) is 12.7. The molecule has 1 unspecified atom stereocenters. The van der Waals surface area contributed by atoms with Crippen molar-refractivity contribution >= 4 is 5.69 Å². The Morgan fingerprint density at radius 3 is 2.44 bits per heavy atom. The summed E-state index contributed by atoms with van der Waals surface area (Å²) in [6.07, 6.45) is 4.95. The van der Waals surface area contributed by atoms with E-state index in [2.05, 4.69) is 54.4 Å². The first-order valence-corrected chi connectivity index (χ1v) is 13.4. The lowest BCUT2D eigenvalue weighted by atomic mass is 9.79. The predicted octanol–water partition coefficient (Wildman–Crippen LogP) is 6.14. The summed E-state index contributed by atoms with van der Waals surface area (Å²) in [7, 11) is 0. The van der Waals surface area contributed by atoms with Crippen LogP contribution in [0.25, 0.3) is 0 Å². The number of aryl methyl sites for hydroxylation is 2. The van der Waals surface area contributed by atoms with Gasteiger partial charge < -0.3 is 25.2 Å². The fourth-order valence-corrected chi connectivity index (χ4v) is 5.16. The number of fused-ring (bicyclic) bond motifs is 1. The Kier molecular flexibility index (Phi) is 9.12. The van der Waals surface area contributed by atoms with Crippen LogP contribution in [0.15, 0.2) is 60.7 Å². The number of nitrogens with one attached hydrogen (secondary N) is 1. The van der Waals surface area contributed by atoms with Crippen molar-refractivity contribution in [2.45, 2.75) is 51.9 Å². The summed E-state index contributed by atoms with van der Waals surface area (Å²) in [5.41, 5.74) is 6.15. The molecule has 0 saturated heterocycles. The van der Waals surface area contributed by atoms with E-state index in [-0.39, 0.29) is 0 Å². The van der Waals surface area contributed by atoms with Gasteiger partial charge in [-0.2, -0.15) is 0 Å². The lowest BCUT2D eigenvalue weighted by molar-refractivity contribution is 0.223. The fourth-order valence-electron chi connectivity index (χ4n) is 5.16. The third-order valence-corrected chi connectivity index (χ3v) is 7.35. The molecule has 36 heavy (non-hydrogen) atoms. The Morgan fingerprint density at radius 1 is 0.917 bits per heavy atom. The van der Waals surface area contributed by atoms with Crippen molar-refractivity contribution in [3.05, 3.63) is 82.9 Å². The summed E-state index contributed by atoms with van der Waals surface area (Å²) in [4.78, 5) is 2.36. The predicted molar refractivity (Wildman–Crippen MR) is 148 cm³/mol. The zero-order chi connectivity index (χ0) is 25.3. The molecule has 3 aromatic rings. The first-order chi connectivity index (χ1) is 17.6. The van der Waals surface area contributed by atoms with Crippen LogP contribution in [0.3, 0.4) is 0 Å². The highest BCUT2D eigenvalue weighted by Crippen LogP contribution is 2.38. The minimum atomic E-state index is 0.291. The fraction of sp³-hybridized carbons (Fsp3) is 0.419. The minimum absolute atomic E-state index is 0.291. The maximum atomic E-state index is 10.1. The third kappa shape index (κ3) is 6.94. The number of rotatable bonds is 12. The van der Waals surface area contributed by atoms with Crippen LogP contribution < -0.4 is 10.1 Å². The topological polar surface area (TPSA) is 65.0 Å². The number of phenolic OH excluding ortho intramolecular Hbond substituents is 2. The van der Waals surface area contributed by atoms with Gasteiger partial charge in [0.05, 0.1) is 0 Å². The molecule has 0 aromatic heterocycles. The normalized spacial score (nSPS) is 15.0. The Morgan fingerprint density at radius 2 is 1.67 bits per heavy atom. The second-order valence-corrected chi connectivity index (χ2v) is 9.71. The number of likely N-dealkylation sites (N-methyl/N-ethyl adjacent to an activating group) is 1. The summed E-state index contributed by atoms with van der Waals surface area (Å²) in [6.45, 7) is 8.97. The Hall–Kier alpha value is -3.18. The van der Waals surface area contributed by atoms with E-state index >= 15 is 0 Å². The highest BCUT2D eigenvalue weighted by Gasteiger charge is 2.22. The van der Waals surface area contributed by atoms with E-state index < -0.39 is 0 Å². The number of anilines is 1. The zero-order valence-electron chi connectivity index (χ0n) is 21.7. The van der Waals surface area contributed by atoms with Gasteiger partial charge in [0.25, 0.3) is 0 Å². The standard InChI is InChI=1S/C31H40N2O3/c1-3-33(4-2)18-19-36-29-14-7-23(8-15-29)6-5-17-32-31-22-28(35)13-16-30(31)26-10-9-25-21-27(34)12-11-24(25)20-26/h7-8,11-16,21-22,26,32,34-35H,3-6,9-10,17-20H2,1-2H3. The maximum Gasteiger partial charge on any atom is 0.119 e. The molecule has 0 aliphatic heterocycles. The van der Waals surface area contributed by atoms with E-state index in [0.29, 0.717) is 24.0 Å². The molecule has 1 aliphatic rings. The van der Waals surface area contributed by atoms with Crippen molar-refractivity contribution in [3.8, 4) is 17.2 Å². The van der Waals surface area contributed by atoms with Crippen molar-refractivity contribution in [2.75, 3.05) is 38.1 Å². The quantitative estimate of drug-likeness (QED) is 0.268. The zero-order valence-corrected chi connectivity index (χ0v) is 21.7. The molecule has 0 bridgehead atoms. The monoisotopic (exact) mass is 488 g/mol. The van der Waals surface area contributed by atoms with Gasteiger partial charge in [0.1, 0.15) is 23.9 Å². The molecule has 4 rings (SSSR count). The van der Waals surface area contributed by atoms with Gasteiger partial charge in [0, 0.05) is 24.8 Å². The van der Waals surface area contributed by atoms with Crippen LogP contribution in [-0.2, 0) is 19.3 Å². The van der Waals surface area contributed by atoms with E-state index in [4.69, 9.17) is 4.74 Å². The molecule has 0 fully saturated rings. The summed E-state index contributed by atoms with van der Waals surface area (Å²) in [6, 6.07) is 19.9. The van der Waals surface area contributed by atoms with E-state index in [1.807, 2.05) is 18.2 Å². The number of ether oxygens (including phenoxy) is 1. The summed E-state index contributed by atoms with van der Waals surface area (Å²) < 4.78 is 5.90. The molecule has 1 aliphatic carbocycles. The van der Waals surface area contributed by atoms with Crippen molar-refractivity contribution in [3.63, 3.8) is 0 Å². The van der Waals surface area contributed by atoms with Gasteiger partial charge >= 0.3 is 0 Å². The largest absolute Gasteiger partial charge is 0.508 e. The van der Waals surface area contributed by atoms with Crippen LogP contribution in [0.5, 0.6) is 17.2 Å². The molecule has 0 radical (unpaired) electrons. The molecular weight excluding hydrogens is 448 g/mol. The van der Waals surface area contributed by atoms with Crippen molar-refractivity contribution < 1.29 is 14.9 Å². The van der Waals surface area contributed by atoms with Gasteiger partial charge in [0.15, 0.2) is 0 Å². The molecule has 1 atom stereocenters. The summed E-state index contributed by atoms with van der Waals surface area (Å²) in [5, 5.41) is 23.5. The third-order valence-electron chi connectivity index (χ3n) is 7.35. The molecule has 0 spiro atoms. The number of hydrogen-bond donors (Lipinski definition) is 3. The van der Waals surface area contributed by atoms with Gasteiger partial charge in [-0.25, -0.2) is 0 Å². The van der Waals surface area contributed by atoms with Crippen molar-refractivity contribution in [1.29, 1.82) is 0 Å². The summed E-state index contributed by atoms with van der Waals surface area (Å²) >= 11 is 0. The lowest BCUT2D eigenvalue weighted by Gasteiger charge is -2.27. The molecule has 3 N–H and O–H groups in total. The lowest BCUT2D eigenvalue weighted by Crippen LogP contribution is -2.27. The number of nitrogens with zero attached hydrogens (tertiary/aromatic N) is 1. The van der Waals surface area contributed by atoms with Crippen LogP contribution in [0.2, 0.25) is 0 Å². The number of aromatic hydroxyl groups is 2. The minimum Gasteiger partial charge on any atom is -0.508 e. The van der Waals surface area contributed by atoms with Gasteiger partial charge in [-0.15, -0.1) is 0 Å². The van der Waals surface area contributed by atoms with E-state index in [1.54, 1.807) is 12.1 Å². The van der Waals surface area contributed by atoms with E-state index in [1.165, 1.54) is 22.3 Å². The number of phenols is 2. The number of hydrogen-bond acceptors (Lipinski definition) is 5. The smallest absolute Gasteiger partial charge is 0.119 e. The average Bonchev–Trinajstić information content (AvgIpc) is 2.90. The van der Waals surface area contributed by atoms with Crippen LogP contribution in [0, 0.1) is 0 Å². The summed E-state index contributed by atoms with van der Waals surface area (Å²) in [5.74, 6) is 1.97. The highest BCUT2D eigenvalue weighted by molar-refractivity contribution is 5.57. The van der Waals surface area contributed by atoms with Crippen molar-refractivity contribution in [1.82, 2.24) is 4.90 Å². The SMILES string of the molecule is CCN(CC)CCOc1ccc(CCCNc2cc(O)ccc2C2CCc3cc(O)ccc3C2)cc1. The average molecular weight is 489 g/mol.